The summed E-state index contributed by atoms with van der Waals surface area (Å²) in [5, 5.41) is 3.92. The molecule has 2 N–H and O–H groups in total. The second-order valence-electron chi connectivity index (χ2n) is 7.31. The van der Waals surface area contributed by atoms with Gasteiger partial charge in [0.25, 0.3) is 5.91 Å². The molecule has 2 aromatic heterocycles. The van der Waals surface area contributed by atoms with Gasteiger partial charge in [-0.15, -0.1) is 11.3 Å². The van der Waals surface area contributed by atoms with Crippen molar-refractivity contribution in [1.29, 1.82) is 0 Å². The van der Waals surface area contributed by atoms with E-state index >= 15 is 0 Å². The molecular formula is C23H19N3O2S. The number of thiazole rings is 1. The van der Waals surface area contributed by atoms with Gasteiger partial charge in [0.15, 0.2) is 10.6 Å². The summed E-state index contributed by atoms with van der Waals surface area (Å²) in [4.78, 5) is 33.7. The predicted octanol–water partition coefficient (Wildman–Crippen LogP) is 4.70. The van der Waals surface area contributed by atoms with Crippen LogP contribution >= 0.6 is 11.3 Å². The molecule has 0 spiro atoms. The minimum Gasteiger partial charge on any atom is -0.350 e. The Morgan fingerprint density at radius 3 is 2.83 bits per heavy atom. The Morgan fingerprint density at radius 1 is 1.10 bits per heavy atom. The van der Waals surface area contributed by atoms with Crippen molar-refractivity contribution in [3.05, 3.63) is 80.5 Å². The van der Waals surface area contributed by atoms with Gasteiger partial charge < -0.3 is 4.98 Å². The Labute approximate surface area is 171 Å². The largest absolute Gasteiger partial charge is 0.350 e. The first-order valence-electron chi connectivity index (χ1n) is 9.61. The van der Waals surface area contributed by atoms with Crippen LogP contribution in [-0.2, 0) is 12.8 Å². The van der Waals surface area contributed by atoms with E-state index in [1.165, 1.54) is 35.0 Å². The highest BCUT2D eigenvalue weighted by molar-refractivity contribution is 7.16. The average molecular weight is 401 g/mol. The molecule has 5 rings (SSSR count). The van der Waals surface area contributed by atoms with Gasteiger partial charge >= 0.3 is 0 Å². The number of H-pyrrole nitrogens is 1. The van der Waals surface area contributed by atoms with Crippen molar-refractivity contribution in [2.45, 2.75) is 26.2 Å². The van der Waals surface area contributed by atoms with Crippen LogP contribution in [0, 0.1) is 6.92 Å². The molecule has 2 aromatic carbocycles. The summed E-state index contributed by atoms with van der Waals surface area (Å²) in [6.07, 6.45) is 3.47. The van der Waals surface area contributed by atoms with Gasteiger partial charge in [-0.25, -0.2) is 4.98 Å². The number of nitrogens with zero attached hydrogens (tertiary/aromatic N) is 1. The molecule has 1 aliphatic carbocycles. The van der Waals surface area contributed by atoms with Crippen LogP contribution < -0.4 is 10.7 Å². The lowest BCUT2D eigenvalue weighted by Crippen LogP contribution is -2.17. The third kappa shape index (κ3) is 3.25. The van der Waals surface area contributed by atoms with Crippen molar-refractivity contribution >= 4 is 33.3 Å². The summed E-state index contributed by atoms with van der Waals surface area (Å²) in [7, 11) is 0. The Balaban J connectivity index is 1.44. The molecule has 1 amide bonds. The first kappa shape index (κ1) is 17.8. The fourth-order valence-corrected chi connectivity index (χ4v) is 4.75. The molecule has 1 aliphatic rings. The number of aromatic amines is 1. The van der Waals surface area contributed by atoms with Crippen LogP contribution in [0.25, 0.3) is 22.2 Å². The van der Waals surface area contributed by atoms with Gasteiger partial charge in [-0.05, 0) is 55.5 Å². The molecule has 0 unspecified atom stereocenters. The Kier molecular flexibility index (Phi) is 4.28. The molecule has 0 saturated heterocycles. The predicted molar refractivity (Wildman–Crippen MR) is 117 cm³/mol. The van der Waals surface area contributed by atoms with Crippen molar-refractivity contribution in [1.82, 2.24) is 9.97 Å². The van der Waals surface area contributed by atoms with Gasteiger partial charge in [-0.1, -0.05) is 24.3 Å². The van der Waals surface area contributed by atoms with E-state index in [9.17, 15) is 9.59 Å². The van der Waals surface area contributed by atoms with Gasteiger partial charge in [0, 0.05) is 27.4 Å². The van der Waals surface area contributed by atoms with E-state index in [0.29, 0.717) is 16.0 Å². The zero-order valence-electron chi connectivity index (χ0n) is 15.9. The number of hydrogen-bond acceptors (Lipinski definition) is 4. The summed E-state index contributed by atoms with van der Waals surface area (Å²) >= 11 is 1.44. The molecule has 6 heteroatoms. The SMILES string of the molecule is Cc1sc(NC(=O)c2cc(=O)c3ccccc3[nH]2)nc1-c1ccc2c(c1)CCC2. The van der Waals surface area contributed by atoms with E-state index in [1.807, 2.05) is 13.0 Å². The Morgan fingerprint density at radius 2 is 1.93 bits per heavy atom. The second-order valence-corrected chi connectivity index (χ2v) is 8.51. The second kappa shape index (κ2) is 6.97. The molecular weight excluding hydrogens is 382 g/mol. The molecule has 0 atom stereocenters. The number of para-hydroxylation sites is 1. The lowest BCUT2D eigenvalue weighted by molar-refractivity contribution is 0.102. The molecule has 144 valence electrons. The topological polar surface area (TPSA) is 74.8 Å². The lowest BCUT2D eigenvalue weighted by Gasteiger charge is -2.04. The van der Waals surface area contributed by atoms with E-state index < -0.39 is 0 Å². The van der Waals surface area contributed by atoms with Crippen molar-refractivity contribution in [2.75, 3.05) is 5.32 Å². The van der Waals surface area contributed by atoms with Crippen LogP contribution in [0.1, 0.15) is 32.9 Å². The van der Waals surface area contributed by atoms with Crippen LogP contribution in [0.5, 0.6) is 0 Å². The fourth-order valence-electron chi connectivity index (χ4n) is 3.92. The molecule has 29 heavy (non-hydrogen) atoms. The summed E-state index contributed by atoms with van der Waals surface area (Å²) in [6, 6.07) is 15.0. The molecule has 0 fully saturated rings. The Bertz CT molecular complexity index is 1320. The van der Waals surface area contributed by atoms with Gasteiger partial charge in [0.05, 0.1) is 5.69 Å². The lowest BCUT2D eigenvalue weighted by atomic mass is 10.0. The van der Waals surface area contributed by atoms with Crippen molar-refractivity contribution in [3.8, 4) is 11.3 Å². The average Bonchev–Trinajstić information content (AvgIpc) is 3.33. The van der Waals surface area contributed by atoms with Gasteiger partial charge in [-0.2, -0.15) is 0 Å². The molecule has 4 aromatic rings. The molecule has 5 nitrogen and oxygen atoms in total. The highest BCUT2D eigenvalue weighted by Gasteiger charge is 2.17. The monoisotopic (exact) mass is 401 g/mol. The van der Waals surface area contributed by atoms with Crippen LogP contribution in [0.4, 0.5) is 5.13 Å². The normalized spacial score (nSPS) is 12.9. The number of aryl methyl sites for hydroxylation is 3. The van der Waals surface area contributed by atoms with Crippen LogP contribution in [0.15, 0.2) is 53.3 Å². The molecule has 2 heterocycles. The summed E-state index contributed by atoms with van der Waals surface area (Å²) < 4.78 is 0. The number of fused-ring (bicyclic) bond motifs is 2. The van der Waals surface area contributed by atoms with Crippen molar-refractivity contribution < 1.29 is 4.79 Å². The first-order chi connectivity index (χ1) is 14.1. The van der Waals surface area contributed by atoms with Crippen molar-refractivity contribution in [2.24, 2.45) is 0 Å². The maximum Gasteiger partial charge on any atom is 0.274 e. The van der Waals surface area contributed by atoms with E-state index in [-0.39, 0.29) is 17.0 Å². The number of carbonyl (C=O) groups is 1. The third-order valence-electron chi connectivity index (χ3n) is 5.37. The molecule has 0 aliphatic heterocycles. The third-order valence-corrected chi connectivity index (χ3v) is 6.26. The zero-order valence-corrected chi connectivity index (χ0v) is 16.7. The van der Waals surface area contributed by atoms with Gasteiger partial charge in [0.1, 0.15) is 5.69 Å². The summed E-state index contributed by atoms with van der Waals surface area (Å²) in [5.74, 6) is -0.373. The van der Waals surface area contributed by atoms with Gasteiger partial charge in [-0.3, -0.25) is 14.9 Å². The summed E-state index contributed by atoms with van der Waals surface area (Å²) in [5.41, 5.74) is 5.48. The number of amides is 1. The molecule has 0 radical (unpaired) electrons. The number of benzene rings is 2. The minimum absolute atomic E-state index is 0.182. The van der Waals surface area contributed by atoms with Crippen LogP contribution in [0.3, 0.4) is 0 Å². The van der Waals surface area contributed by atoms with E-state index in [0.717, 1.165) is 29.0 Å². The maximum absolute atomic E-state index is 12.7. The van der Waals surface area contributed by atoms with Crippen LogP contribution in [0.2, 0.25) is 0 Å². The Hall–Kier alpha value is -3.25. The number of hydrogen-bond donors (Lipinski definition) is 2. The van der Waals surface area contributed by atoms with E-state index in [4.69, 9.17) is 0 Å². The molecule has 0 saturated carbocycles. The highest BCUT2D eigenvalue weighted by atomic mass is 32.1. The number of aromatic nitrogens is 2. The highest BCUT2D eigenvalue weighted by Crippen LogP contribution is 2.33. The van der Waals surface area contributed by atoms with Crippen molar-refractivity contribution in [3.63, 3.8) is 0 Å². The van der Waals surface area contributed by atoms with Gasteiger partial charge in [0.2, 0.25) is 0 Å². The number of pyridine rings is 1. The number of anilines is 1. The number of rotatable bonds is 3. The zero-order chi connectivity index (χ0) is 20.0. The maximum atomic E-state index is 12.7. The smallest absolute Gasteiger partial charge is 0.274 e. The van der Waals surface area contributed by atoms with E-state index in [2.05, 4.69) is 33.5 Å². The van der Waals surface area contributed by atoms with Crippen LogP contribution in [-0.4, -0.2) is 15.9 Å². The standard InChI is InChI=1S/C23H19N3O2S/c1-13-21(16-10-9-14-5-4-6-15(14)11-16)25-23(29-13)26-22(28)19-12-20(27)17-7-2-3-8-18(17)24-19/h2-3,7-12H,4-6H2,1H3,(H,24,27)(H,25,26,28). The molecule has 0 bridgehead atoms. The quantitative estimate of drug-likeness (QED) is 0.522. The van der Waals surface area contributed by atoms with E-state index in [1.54, 1.807) is 18.2 Å². The first-order valence-corrected chi connectivity index (χ1v) is 10.4. The fraction of sp³-hybridized carbons (Fsp3) is 0.174. The number of nitrogens with one attached hydrogen (secondary N) is 2. The minimum atomic E-state index is -0.373. The summed E-state index contributed by atoms with van der Waals surface area (Å²) in [6.45, 7) is 2.01. The number of carbonyl (C=O) groups excluding carboxylic acids is 1.